The van der Waals surface area contributed by atoms with Crippen LogP contribution in [0.15, 0.2) is 53.9 Å². The predicted octanol–water partition coefficient (Wildman–Crippen LogP) is 5.44. The van der Waals surface area contributed by atoms with Gasteiger partial charge in [-0.15, -0.1) is 0 Å². The van der Waals surface area contributed by atoms with Crippen LogP contribution in [0.3, 0.4) is 0 Å². The second-order valence-electron chi connectivity index (χ2n) is 11.3. The lowest BCUT2D eigenvalue weighted by Gasteiger charge is -2.24. The summed E-state index contributed by atoms with van der Waals surface area (Å²) in [6.45, 7) is 5.95. The summed E-state index contributed by atoms with van der Waals surface area (Å²) in [7, 11) is -3.39. The van der Waals surface area contributed by atoms with Gasteiger partial charge in [-0.05, 0) is 54.4 Å². The van der Waals surface area contributed by atoms with Crippen LogP contribution in [0.4, 0.5) is 0 Å². The van der Waals surface area contributed by atoms with Gasteiger partial charge in [0.25, 0.3) is 0 Å². The van der Waals surface area contributed by atoms with Crippen molar-refractivity contribution in [3.63, 3.8) is 0 Å². The highest BCUT2D eigenvalue weighted by Crippen LogP contribution is 2.27. The number of rotatable bonds is 13. The molecule has 38 heavy (non-hydrogen) atoms. The molecular formula is C31H41NO5S. The summed E-state index contributed by atoms with van der Waals surface area (Å²) in [5, 5.41) is 6.32. The summed E-state index contributed by atoms with van der Waals surface area (Å²) in [5.41, 5.74) is 1.11. The van der Waals surface area contributed by atoms with E-state index >= 15 is 0 Å². The number of carbonyl (C=O) groups is 3. The second-order valence-corrected chi connectivity index (χ2v) is 13.2. The monoisotopic (exact) mass is 539 g/mol. The van der Waals surface area contributed by atoms with Crippen molar-refractivity contribution in [1.29, 1.82) is 0 Å². The highest BCUT2D eigenvalue weighted by atomic mass is 32.2. The van der Waals surface area contributed by atoms with Crippen LogP contribution in [0.2, 0.25) is 0 Å². The van der Waals surface area contributed by atoms with E-state index in [1.54, 1.807) is 0 Å². The van der Waals surface area contributed by atoms with Crippen LogP contribution in [-0.2, 0) is 30.6 Å². The Hall–Kier alpha value is -2.80. The molecule has 1 fully saturated rings. The SMILES string of the molecule is CC(C)C[C@H](CC(=O)[C@@H](C)Cc1cccc2ccccc12)C(=O)N[C@H](/C=C/S(C)(=O)=O)C[C@@H]1CCCC1=O. The van der Waals surface area contributed by atoms with Crippen LogP contribution in [0.25, 0.3) is 10.8 Å². The average molecular weight is 540 g/mol. The van der Waals surface area contributed by atoms with Gasteiger partial charge in [-0.2, -0.15) is 0 Å². The molecule has 0 saturated heterocycles. The largest absolute Gasteiger partial charge is 0.350 e. The molecule has 2 aromatic rings. The maximum Gasteiger partial charge on any atom is 0.224 e. The Kier molecular flexibility index (Phi) is 10.4. The van der Waals surface area contributed by atoms with E-state index in [1.165, 1.54) is 6.08 Å². The zero-order valence-corrected chi connectivity index (χ0v) is 23.8. The maximum absolute atomic E-state index is 13.4. The number of benzene rings is 2. The number of ketones is 2. The Bertz CT molecular complexity index is 1270. The topological polar surface area (TPSA) is 97.4 Å². The summed E-state index contributed by atoms with van der Waals surface area (Å²) in [4.78, 5) is 39.0. The fourth-order valence-corrected chi connectivity index (χ4v) is 5.85. The number of hydrogen-bond donors (Lipinski definition) is 1. The van der Waals surface area contributed by atoms with E-state index in [-0.39, 0.29) is 41.6 Å². The highest BCUT2D eigenvalue weighted by molar-refractivity contribution is 7.93. The van der Waals surface area contributed by atoms with Crippen molar-refractivity contribution >= 4 is 38.1 Å². The maximum atomic E-state index is 13.4. The van der Waals surface area contributed by atoms with E-state index < -0.39 is 21.8 Å². The summed E-state index contributed by atoms with van der Waals surface area (Å²) < 4.78 is 23.5. The summed E-state index contributed by atoms with van der Waals surface area (Å²) in [5.74, 6) is -0.825. The Morgan fingerprint density at radius 1 is 1.08 bits per heavy atom. The summed E-state index contributed by atoms with van der Waals surface area (Å²) in [6, 6.07) is 13.6. The zero-order chi connectivity index (χ0) is 27.9. The van der Waals surface area contributed by atoms with Crippen molar-refractivity contribution in [3.05, 3.63) is 59.5 Å². The quantitative estimate of drug-likeness (QED) is 0.365. The van der Waals surface area contributed by atoms with Crippen LogP contribution >= 0.6 is 0 Å². The average Bonchev–Trinajstić information content (AvgIpc) is 3.25. The molecule has 6 nitrogen and oxygen atoms in total. The molecule has 7 heteroatoms. The van der Waals surface area contributed by atoms with Gasteiger partial charge in [0.05, 0.1) is 0 Å². The van der Waals surface area contributed by atoms with Crippen LogP contribution in [-0.4, -0.2) is 38.2 Å². The third kappa shape index (κ3) is 8.90. The first-order chi connectivity index (χ1) is 17.9. The van der Waals surface area contributed by atoms with Crippen LogP contribution in [0.5, 0.6) is 0 Å². The first-order valence-corrected chi connectivity index (χ1v) is 15.6. The van der Waals surface area contributed by atoms with Gasteiger partial charge in [0.1, 0.15) is 11.6 Å². The van der Waals surface area contributed by atoms with Crippen molar-refractivity contribution < 1.29 is 22.8 Å². The predicted molar refractivity (Wildman–Crippen MR) is 152 cm³/mol. The molecule has 206 valence electrons. The third-order valence-electron chi connectivity index (χ3n) is 7.39. The minimum absolute atomic E-state index is 0.0351. The molecule has 3 rings (SSSR count). The van der Waals surface area contributed by atoms with Crippen molar-refractivity contribution in [2.45, 2.75) is 71.8 Å². The number of nitrogens with one attached hydrogen (secondary N) is 1. The normalized spacial score (nSPS) is 18.7. The lowest BCUT2D eigenvalue weighted by atomic mass is 9.85. The van der Waals surface area contributed by atoms with Crippen molar-refractivity contribution in [1.82, 2.24) is 5.32 Å². The highest BCUT2D eigenvalue weighted by Gasteiger charge is 2.30. The summed E-state index contributed by atoms with van der Waals surface area (Å²) in [6.07, 6.45) is 6.30. The molecule has 0 heterocycles. The fraction of sp³-hybridized carbons (Fsp3) is 0.516. The van der Waals surface area contributed by atoms with E-state index in [0.717, 1.165) is 40.8 Å². The van der Waals surface area contributed by atoms with E-state index in [2.05, 4.69) is 23.5 Å². The summed E-state index contributed by atoms with van der Waals surface area (Å²) >= 11 is 0. The third-order valence-corrected chi connectivity index (χ3v) is 8.04. The number of amides is 1. The minimum Gasteiger partial charge on any atom is -0.350 e. The van der Waals surface area contributed by atoms with Crippen molar-refractivity contribution in [3.8, 4) is 0 Å². The number of Topliss-reactive ketones (excluding diaryl/α,β-unsaturated/α-hetero) is 2. The second kappa shape index (κ2) is 13.3. The molecule has 0 bridgehead atoms. The Balaban J connectivity index is 1.72. The molecule has 1 saturated carbocycles. The Labute approximate surface area is 227 Å². The van der Waals surface area contributed by atoms with Gasteiger partial charge < -0.3 is 5.32 Å². The number of sulfone groups is 1. The minimum atomic E-state index is -3.39. The van der Waals surface area contributed by atoms with Crippen molar-refractivity contribution in [2.75, 3.05) is 6.26 Å². The number of fused-ring (bicyclic) bond motifs is 1. The molecule has 0 aromatic heterocycles. The molecule has 4 atom stereocenters. The molecule has 0 radical (unpaired) electrons. The standard InChI is InChI=1S/C31H41NO5S/c1-21(2)17-26(20-30(34)22(3)18-24-11-7-10-23-9-5-6-13-28(23)24)31(35)32-27(15-16-38(4,36)37)19-25-12-8-14-29(25)33/h5-7,9-11,13,15-16,21-22,25-27H,8,12,14,17-20H2,1-4H3,(H,32,35)/b16-15+/t22-,25-,26+,27+/m0/s1. The molecule has 1 aliphatic carbocycles. The van der Waals surface area contributed by atoms with E-state index in [1.807, 2.05) is 45.0 Å². The van der Waals surface area contributed by atoms with Gasteiger partial charge >= 0.3 is 0 Å². The number of carbonyl (C=O) groups excluding carboxylic acids is 3. The van der Waals surface area contributed by atoms with Crippen LogP contribution in [0, 0.1) is 23.7 Å². The van der Waals surface area contributed by atoms with Gasteiger partial charge in [0.2, 0.25) is 5.91 Å². The van der Waals surface area contributed by atoms with Gasteiger partial charge in [-0.25, -0.2) is 8.42 Å². The lowest BCUT2D eigenvalue weighted by Crippen LogP contribution is -2.41. The van der Waals surface area contributed by atoms with Gasteiger partial charge in [-0.3, -0.25) is 14.4 Å². The van der Waals surface area contributed by atoms with Crippen LogP contribution in [0.1, 0.15) is 64.9 Å². The molecule has 0 aliphatic heterocycles. The molecule has 0 spiro atoms. The zero-order valence-electron chi connectivity index (χ0n) is 23.0. The van der Waals surface area contributed by atoms with E-state index in [4.69, 9.17) is 0 Å². The number of hydrogen-bond acceptors (Lipinski definition) is 5. The molecule has 1 aliphatic rings. The molecule has 1 N–H and O–H groups in total. The molecular weight excluding hydrogens is 498 g/mol. The van der Waals surface area contributed by atoms with Gasteiger partial charge in [0, 0.05) is 48.3 Å². The molecule has 0 unspecified atom stereocenters. The Morgan fingerprint density at radius 3 is 2.45 bits per heavy atom. The smallest absolute Gasteiger partial charge is 0.224 e. The Morgan fingerprint density at radius 2 is 1.79 bits per heavy atom. The first kappa shape index (κ1) is 29.8. The fourth-order valence-electron chi connectivity index (χ4n) is 5.38. The van der Waals surface area contributed by atoms with Crippen molar-refractivity contribution in [2.24, 2.45) is 23.7 Å². The van der Waals surface area contributed by atoms with E-state index in [0.29, 0.717) is 25.7 Å². The van der Waals surface area contributed by atoms with Gasteiger partial charge in [-0.1, -0.05) is 69.3 Å². The molecule has 1 amide bonds. The lowest BCUT2D eigenvalue weighted by molar-refractivity contribution is -0.131. The van der Waals surface area contributed by atoms with Crippen LogP contribution < -0.4 is 5.32 Å². The molecule has 2 aromatic carbocycles. The van der Waals surface area contributed by atoms with Gasteiger partial charge in [0.15, 0.2) is 9.84 Å². The first-order valence-electron chi connectivity index (χ1n) is 13.6. The van der Waals surface area contributed by atoms with E-state index in [9.17, 15) is 22.8 Å².